The summed E-state index contributed by atoms with van der Waals surface area (Å²) in [7, 11) is 2.20. The molecule has 1 aliphatic carbocycles. The molecule has 0 aromatic carbocycles. The number of rotatable bonds is 3. The van der Waals surface area contributed by atoms with Crippen molar-refractivity contribution in [2.24, 2.45) is 11.1 Å². The van der Waals surface area contributed by atoms with Gasteiger partial charge in [0.25, 0.3) is 0 Å². The Morgan fingerprint density at radius 2 is 2.08 bits per heavy atom. The molecule has 2 N–H and O–H groups in total. The molecule has 0 aromatic rings. The molecule has 0 heterocycles. The average Bonchev–Trinajstić information content (AvgIpc) is 2.28. The Morgan fingerprint density at radius 3 is 2.46 bits per heavy atom. The molecule has 1 rings (SSSR count). The standard InChI is InChI=1S/C11H24N2/c1-5-8-13(4)9-6-7-11(2,3)10(9)12/h9-10H,5-8,12H2,1-4H3. The zero-order valence-corrected chi connectivity index (χ0v) is 9.51. The molecule has 0 bridgehead atoms. The Morgan fingerprint density at radius 1 is 1.46 bits per heavy atom. The first-order chi connectivity index (χ1) is 5.99. The number of likely N-dealkylation sites (N-methyl/N-ethyl adjacent to an activating group) is 1. The van der Waals surface area contributed by atoms with Crippen molar-refractivity contribution in [3.8, 4) is 0 Å². The predicted octanol–water partition coefficient (Wildman–Crippen LogP) is 1.84. The first-order valence-electron chi connectivity index (χ1n) is 5.45. The molecule has 1 fully saturated rings. The minimum absolute atomic E-state index is 0.340. The van der Waals surface area contributed by atoms with Gasteiger partial charge in [0.05, 0.1) is 0 Å². The fourth-order valence-corrected chi connectivity index (χ4v) is 2.40. The summed E-state index contributed by atoms with van der Waals surface area (Å²) in [6.07, 6.45) is 3.76. The van der Waals surface area contributed by atoms with Gasteiger partial charge in [-0.15, -0.1) is 0 Å². The van der Waals surface area contributed by atoms with Crippen LogP contribution in [-0.4, -0.2) is 30.6 Å². The van der Waals surface area contributed by atoms with E-state index in [1.807, 2.05) is 0 Å². The quantitative estimate of drug-likeness (QED) is 0.725. The molecule has 1 aliphatic rings. The van der Waals surface area contributed by atoms with Crippen LogP contribution in [0.4, 0.5) is 0 Å². The van der Waals surface area contributed by atoms with Crippen molar-refractivity contribution < 1.29 is 0 Å². The molecule has 0 saturated heterocycles. The van der Waals surface area contributed by atoms with E-state index in [1.54, 1.807) is 0 Å². The SMILES string of the molecule is CCCN(C)C1CCC(C)(C)C1N. The molecular formula is C11H24N2. The molecule has 0 radical (unpaired) electrons. The van der Waals surface area contributed by atoms with Crippen molar-refractivity contribution in [3.63, 3.8) is 0 Å². The second-order valence-electron chi connectivity index (χ2n) is 5.10. The van der Waals surface area contributed by atoms with E-state index in [-0.39, 0.29) is 0 Å². The predicted molar refractivity (Wildman–Crippen MR) is 57.7 cm³/mol. The summed E-state index contributed by atoms with van der Waals surface area (Å²) < 4.78 is 0. The molecule has 0 aromatic heterocycles. The Bertz CT molecular complexity index is 165. The third-order valence-corrected chi connectivity index (χ3v) is 3.54. The smallest absolute Gasteiger partial charge is 0.0249 e. The zero-order valence-electron chi connectivity index (χ0n) is 9.51. The van der Waals surface area contributed by atoms with E-state index in [9.17, 15) is 0 Å². The van der Waals surface area contributed by atoms with E-state index in [1.165, 1.54) is 25.8 Å². The van der Waals surface area contributed by atoms with E-state index < -0.39 is 0 Å². The van der Waals surface area contributed by atoms with Crippen molar-refractivity contribution >= 4 is 0 Å². The maximum Gasteiger partial charge on any atom is 0.0249 e. The third kappa shape index (κ3) is 2.23. The fourth-order valence-electron chi connectivity index (χ4n) is 2.40. The van der Waals surface area contributed by atoms with Crippen LogP contribution in [0, 0.1) is 5.41 Å². The van der Waals surface area contributed by atoms with Crippen LogP contribution >= 0.6 is 0 Å². The number of hydrogen-bond donors (Lipinski definition) is 1. The zero-order chi connectivity index (χ0) is 10.1. The van der Waals surface area contributed by atoms with Crippen molar-refractivity contribution in [1.82, 2.24) is 4.90 Å². The van der Waals surface area contributed by atoms with Crippen LogP contribution in [0.15, 0.2) is 0 Å². The monoisotopic (exact) mass is 184 g/mol. The topological polar surface area (TPSA) is 29.3 Å². The Hall–Kier alpha value is -0.0800. The summed E-state index contributed by atoms with van der Waals surface area (Å²) in [5.74, 6) is 0. The van der Waals surface area contributed by atoms with Crippen LogP contribution < -0.4 is 5.73 Å². The summed E-state index contributed by atoms with van der Waals surface area (Å²) in [6.45, 7) is 7.98. The van der Waals surface area contributed by atoms with E-state index in [0.717, 1.165) is 0 Å². The van der Waals surface area contributed by atoms with Gasteiger partial charge in [-0.25, -0.2) is 0 Å². The highest BCUT2D eigenvalue weighted by molar-refractivity contribution is 4.98. The maximum absolute atomic E-state index is 6.25. The average molecular weight is 184 g/mol. The normalized spacial score (nSPS) is 32.8. The second-order valence-corrected chi connectivity index (χ2v) is 5.10. The fraction of sp³-hybridized carbons (Fsp3) is 1.00. The number of nitrogens with zero attached hydrogens (tertiary/aromatic N) is 1. The van der Waals surface area contributed by atoms with Gasteiger partial charge in [-0.05, 0) is 38.3 Å². The van der Waals surface area contributed by atoms with Gasteiger partial charge in [0.1, 0.15) is 0 Å². The lowest BCUT2D eigenvalue weighted by atomic mass is 9.87. The van der Waals surface area contributed by atoms with Crippen LogP contribution in [0.25, 0.3) is 0 Å². The third-order valence-electron chi connectivity index (χ3n) is 3.54. The van der Waals surface area contributed by atoms with Crippen molar-refractivity contribution in [2.75, 3.05) is 13.6 Å². The van der Waals surface area contributed by atoms with E-state index >= 15 is 0 Å². The highest BCUT2D eigenvalue weighted by Crippen LogP contribution is 2.38. The van der Waals surface area contributed by atoms with E-state index in [4.69, 9.17) is 5.73 Å². The Kier molecular flexibility index (Phi) is 3.36. The van der Waals surface area contributed by atoms with E-state index in [2.05, 4.69) is 32.7 Å². The lowest BCUT2D eigenvalue weighted by Crippen LogP contribution is -2.47. The lowest BCUT2D eigenvalue weighted by molar-refractivity contribution is 0.198. The molecule has 0 amide bonds. The Balaban J connectivity index is 2.54. The van der Waals surface area contributed by atoms with Gasteiger partial charge in [-0.1, -0.05) is 20.8 Å². The van der Waals surface area contributed by atoms with Gasteiger partial charge in [0.15, 0.2) is 0 Å². The molecule has 13 heavy (non-hydrogen) atoms. The molecule has 2 atom stereocenters. The van der Waals surface area contributed by atoms with Crippen LogP contribution in [0.3, 0.4) is 0 Å². The molecule has 2 heteroatoms. The molecule has 78 valence electrons. The molecule has 0 spiro atoms. The van der Waals surface area contributed by atoms with Crippen molar-refractivity contribution in [1.29, 1.82) is 0 Å². The first kappa shape index (κ1) is 11.0. The number of nitrogens with two attached hydrogens (primary N) is 1. The van der Waals surface area contributed by atoms with Gasteiger partial charge < -0.3 is 10.6 Å². The molecule has 1 saturated carbocycles. The lowest BCUT2D eigenvalue weighted by Gasteiger charge is -2.32. The second kappa shape index (κ2) is 3.97. The van der Waals surface area contributed by atoms with Gasteiger partial charge in [-0.3, -0.25) is 0 Å². The van der Waals surface area contributed by atoms with Gasteiger partial charge >= 0.3 is 0 Å². The molecular weight excluding hydrogens is 160 g/mol. The highest BCUT2D eigenvalue weighted by atomic mass is 15.2. The van der Waals surface area contributed by atoms with Gasteiger partial charge in [-0.2, -0.15) is 0 Å². The minimum atomic E-state index is 0.340. The molecule has 2 unspecified atom stereocenters. The van der Waals surface area contributed by atoms with Crippen LogP contribution in [0.1, 0.15) is 40.0 Å². The minimum Gasteiger partial charge on any atom is -0.326 e. The Labute approximate surface area is 82.5 Å². The van der Waals surface area contributed by atoms with Crippen LogP contribution in [0.5, 0.6) is 0 Å². The molecule has 0 aliphatic heterocycles. The summed E-state index contributed by atoms with van der Waals surface area (Å²) >= 11 is 0. The van der Waals surface area contributed by atoms with Crippen LogP contribution in [-0.2, 0) is 0 Å². The summed E-state index contributed by atoms with van der Waals surface area (Å²) in [6, 6.07) is 0.957. The maximum atomic E-state index is 6.25. The van der Waals surface area contributed by atoms with Gasteiger partial charge in [0, 0.05) is 12.1 Å². The molecule has 2 nitrogen and oxygen atoms in total. The van der Waals surface area contributed by atoms with Crippen LogP contribution in [0.2, 0.25) is 0 Å². The number of hydrogen-bond acceptors (Lipinski definition) is 2. The summed E-state index contributed by atoms with van der Waals surface area (Å²) in [5, 5.41) is 0. The summed E-state index contributed by atoms with van der Waals surface area (Å²) in [5.41, 5.74) is 6.59. The van der Waals surface area contributed by atoms with E-state index in [0.29, 0.717) is 17.5 Å². The first-order valence-corrected chi connectivity index (χ1v) is 5.45. The summed E-state index contributed by atoms with van der Waals surface area (Å²) in [4.78, 5) is 2.43. The van der Waals surface area contributed by atoms with Gasteiger partial charge in [0.2, 0.25) is 0 Å². The highest BCUT2D eigenvalue weighted by Gasteiger charge is 2.40. The van der Waals surface area contributed by atoms with Crippen molar-refractivity contribution in [2.45, 2.75) is 52.1 Å². The largest absolute Gasteiger partial charge is 0.326 e. The van der Waals surface area contributed by atoms with Crippen molar-refractivity contribution in [3.05, 3.63) is 0 Å².